The van der Waals surface area contributed by atoms with Crippen LogP contribution in [0.1, 0.15) is 17.9 Å². The summed E-state index contributed by atoms with van der Waals surface area (Å²) in [5.74, 6) is -2.31. The minimum atomic E-state index is -1.34. The van der Waals surface area contributed by atoms with Crippen LogP contribution in [-0.4, -0.2) is 49.6 Å². The molecule has 4 atom stereocenters. The molecule has 7 nitrogen and oxygen atoms in total. The van der Waals surface area contributed by atoms with Crippen molar-refractivity contribution < 1.29 is 24.6 Å². The molecule has 2 aliphatic heterocycles. The largest absolute Gasteiger partial charge is 0.477 e. The first-order valence-corrected chi connectivity index (χ1v) is 8.68. The smallest absolute Gasteiger partial charge is 0.352 e. The Morgan fingerprint density at radius 3 is 2.78 bits per heavy atom. The lowest BCUT2D eigenvalue weighted by Crippen LogP contribution is -2.70. The summed E-state index contributed by atoms with van der Waals surface area (Å²) >= 11 is 2.63. The molecule has 3 rings (SSSR count). The topological polar surface area (TPSA) is 107 Å². The number of carbonyl (C=O) groups is 3. The van der Waals surface area contributed by atoms with Gasteiger partial charge in [-0.25, -0.2) is 4.79 Å². The number of nitrogens with one attached hydrogen (secondary N) is 1. The molecule has 1 aromatic rings. The van der Waals surface area contributed by atoms with Gasteiger partial charge in [0.2, 0.25) is 0 Å². The van der Waals surface area contributed by atoms with E-state index < -0.39 is 35.3 Å². The second-order valence-corrected chi connectivity index (χ2v) is 7.68. The lowest BCUT2D eigenvalue weighted by molar-refractivity contribution is -0.151. The average molecular weight is 354 g/mol. The number of fused-ring (bicyclic) bond motifs is 1. The van der Waals surface area contributed by atoms with E-state index >= 15 is 0 Å². The molecule has 3 unspecified atom stereocenters. The van der Waals surface area contributed by atoms with Gasteiger partial charge < -0.3 is 15.5 Å². The van der Waals surface area contributed by atoms with Gasteiger partial charge in [0.05, 0.1) is 0 Å². The van der Waals surface area contributed by atoms with E-state index in [1.807, 2.05) is 6.92 Å². The average Bonchev–Trinajstić information content (AvgIpc) is 3.04. The van der Waals surface area contributed by atoms with E-state index in [1.54, 1.807) is 17.5 Å². The lowest BCUT2D eigenvalue weighted by Gasteiger charge is -2.49. The normalized spacial score (nSPS) is 27.6. The second-order valence-electron chi connectivity index (χ2n) is 5.20. The predicted molar refractivity (Wildman–Crippen MR) is 84.6 cm³/mol. The van der Waals surface area contributed by atoms with Crippen LogP contribution in [0.4, 0.5) is 0 Å². The highest BCUT2D eigenvalue weighted by Crippen LogP contribution is 2.40. The van der Waals surface area contributed by atoms with E-state index in [9.17, 15) is 24.6 Å². The van der Waals surface area contributed by atoms with Crippen LogP contribution in [0.5, 0.6) is 0 Å². The van der Waals surface area contributed by atoms with Gasteiger partial charge in [-0.1, -0.05) is 6.07 Å². The Balaban J connectivity index is 1.72. The van der Waals surface area contributed by atoms with Gasteiger partial charge >= 0.3 is 5.97 Å². The van der Waals surface area contributed by atoms with Crippen molar-refractivity contribution in [1.29, 1.82) is 0 Å². The van der Waals surface area contributed by atoms with E-state index in [-0.39, 0.29) is 10.9 Å². The van der Waals surface area contributed by atoms with E-state index in [0.29, 0.717) is 4.88 Å². The van der Waals surface area contributed by atoms with E-state index in [1.165, 1.54) is 34.1 Å². The Bertz CT molecular complexity index is 687. The van der Waals surface area contributed by atoms with Crippen LogP contribution >= 0.6 is 23.1 Å². The molecule has 122 valence electrons. The molecule has 3 N–H and O–H groups in total. The highest BCUT2D eigenvalue weighted by atomic mass is 32.2. The van der Waals surface area contributed by atoms with Crippen LogP contribution in [-0.2, 0) is 14.4 Å². The van der Waals surface area contributed by atoms with Crippen molar-refractivity contribution in [3.05, 3.63) is 34.2 Å². The molecular weight excluding hydrogens is 340 g/mol. The molecule has 0 aliphatic carbocycles. The van der Waals surface area contributed by atoms with Crippen LogP contribution in [0.25, 0.3) is 0 Å². The van der Waals surface area contributed by atoms with Crippen molar-refractivity contribution in [3.8, 4) is 0 Å². The molecule has 0 spiro atoms. The zero-order chi connectivity index (χ0) is 16.7. The minimum absolute atomic E-state index is 0.0597. The third kappa shape index (κ3) is 2.75. The summed E-state index contributed by atoms with van der Waals surface area (Å²) in [5, 5.41) is 22.9. The maximum Gasteiger partial charge on any atom is 0.352 e. The summed E-state index contributed by atoms with van der Waals surface area (Å²) in [6.45, 7) is 1.83. The first-order chi connectivity index (χ1) is 10.9. The predicted octanol–water partition coefficient (Wildman–Crippen LogP) is 0.538. The molecule has 2 aliphatic rings. The zero-order valence-electron chi connectivity index (χ0n) is 12.0. The Labute approximate surface area is 140 Å². The van der Waals surface area contributed by atoms with Crippen LogP contribution in [0.3, 0.4) is 0 Å². The summed E-state index contributed by atoms with van der Waals surface area (Å²) in [6.07, 6.45) is 0.178. The lowest BCUT2D eigenvalue weighted by atomic mass is 10.0. The van der Waals surface area contributed by atoms with Crippen LogP contribution in [0, 0.1) is 0 Å². The monoisotopic (exact) mass is 354 g/mol. The number of thioether (sulfide) groups is 1. The van der Waals surface area contributed by atoms with Gasteiger partial charge in [-0.3, -0.25) is 14.5 Å². The van der Waals surface area contributed by atoms with Crippen molar-refractivity contribution in [1.82, 2.24) is 10.2 Å². The number of amides is 2. The van der Waals surface area contributed by atoms with Crippen LogP contribution in [0.2, 0.25) is 0 Å². The fourth-order valence-corrected chi connectivity index (χ4v) is 4.57. The molecule has 0 bridgehead atoms. The third-order valence-corrected chi connectivity index (χ3v) is 5.88. The number of β-lactam (4-membered cyclic amide) rings is 1. The third-order valence-electron chi connectivity index (χ3n) is 3.63. The van der Waals surface area contributed by atoms with Gasteiger partial charge in [0.25, 0.3) is 11.8 Å². The first-order valence-electron chi connectivity index (χ1n) is 6.85. The number of aliphatic carboxylic acids is 1. The highest BCUT2D eigenvalue weighted by Gasteiger charge is 2.54. The maximum absolute atomic E-state index is 12.2. The van der Waals surface area contributed by atoms with E-state index in [0.717, 1.165) is 0 Å². The van der Waals surface area contributed by atoms with Gasteiger partial charge in [0, 0.05) is 10.1 Å². The number of carbonyl (C=O) groups excluding carboxylic acids is 2. The fourth-order valence-electron chi connectivity index (χ4n) is 2.54. The van der Waals surface area contributed by atoms with Crippen molar-refractivity contribution in [2.45, 2.75) is 29.7 Å². The van der Waals surface area contributed by atoms with E-state index in [4.69, 9.17) is 0 Å². The minimum Gasteiger partial charge on any atom is -0.477 e. The summed E-state index contributed by atoms with van der Waals surface area (Å²) in [4.78, 5) is 37.2. The van der Waals surface area contributed by atoms with Crippen molar-refractivity contribution in [2.75, 3.05) is 0 Å². The second kappa shape index (κ2) is 5.99. The summed E-state index contributed by atoms with van der Waals surface area (Å²) < 4.78 is 0. The Hall–Kier alpha value is -1.84. The number of hydrogen-bond acceptors (Lipinski definition) is 6. The maximum atomic E-state index is 12.2. The molecular formula is C14H14N2O5S2. The number of aliphatic hydroxyl groups excluding tert-OH is 1. The molecule has 0 saturated carbocycles. The number of aliphatic hydroxyl groups is 1. The Kier molecular flexibility index (Phi) is 4.17. The SMILES string of the molecule is CC1C=C(C(=O)O)N2C(=O)C(NC(=O)C(O)c3cccs3)[C@@H]2S1. The number of hydrogen-bond donors (Lipinski definition) is 3. The molecule has 1 saturated heterocycles. The fraction of sp³-hybridized carbons (Fsp3) is 0.357. The molecule has 23 heavy (non-hydrogen) atoms. The van der Waals surface area contributed by atoms with Crippen LogP contribution < -0.4 is 5.32 Å². The van der Waals surface area contributed by atoms with Gasteiger partial charge in [-0.15, -0.1) is 23.1 Å². The number of nitrogens with zero attached hydrogens (tertiary/aromatic N) is 1. The molecule has 0 radical (unpaired) electrons. The highest BCUT2D eigenvalue weighted by molar-refractivity contribution is 8.00. The van der Waals surface area contributed by atoms with Crippen LogP contribution in [0.15, 0.2) is 29.3 Å². The van der Waals surface area contributed by atoms with Gasteiger partial charge in [0.15, 0.2) is 6.10 Å². The van der Waals surface area contributed by atoms with Gasteiger partial charge in [0.1, 0.15) is 17.1 Å². The molecule has 2 amide bonds. The molecule has 0 aromatic carbocycles. The number of carboxylic acids is 1. The first kappa shape index (κ1) is 16.0. The Morgan fingerprint density at radius 2 is 2.17 bits per heavy atom. The van der Waals surface area contributed by atoms with Crippen molar-refractivity contribution >= 4 is 40.9 Å². The number of thiophene rings is 1. The summed E-state index contributed by atoms with van der Waals surface area (Å²) in [7, 11) is 0. The van der Waals surface area contributed by atoms with Crippen molar-refractivity contribution in [2.24, 2.45) is 0 Å². The van der Waals surface area contributed by atoms with Crippen molar-refractivity contribution in [3.63, 3.8) is 0 Å². The zero-order valence-corrected chi connectivity index (χ0v) is 13.6. The van der Waals surface area contributed by atoms with Gasteiger partial charge in [-0.05, 0) is 24.4 Å². The summed E-state index contributed by atoms with van der Waals surface area (Å²) in [5.41, 5.74) is -0.0597. The van der Waals surface area contributed by atoms with Gasteiger partial charge in [-0.2, -0.15) is 0 Å². The number of carboxylic acid groups (broad SMARTS) is 1. The summed E-state index contributed by atoms with van der Waals surface area (Å²) in [6, 6.07) is 2.52. The number of rotatable bonds is 4. The molecule has 1 aromatic heterocycles. The van der Waals surface area contributed by atoms with E-state index in [2.05, 4.69) is 5.32 Å². The molecule has 1 fully saturated rings. The Morgan fingerprint density at radius 1 is 1.43 bits per heavy atom. The molecule has 9 heteroatoms. The quantitative estimate of drug-likeness (QED) is 0.681. The molecule has 3 heterocycles. The standard InChI is InChI=1S/C14H14N2O5S2/c1-6-5-7(14(20)21)16-12(19)9(13(16)23-6)15-11(18)10(17)8-3-2-4-22-8/h2-6,9-10,13,17H,1H3,(H,15,18)(H,20,21)/t6?,9?,10?,13-/m0/s1.